The molecule has 0 bridgehead atoms. The predicted molar refractivity (Wildman–Crippen MR) is 93.6 cm³/mol. The van der Waals surface area contributed by atoms with Crippen LogP contribution in [0.3, 0.4) is 0 Å². The zero-order valence-corrected chi connectivity index (χ0v) is 13.6. The molecule has 4 heteroatoms. The maximum Gasteiger partial charge on any atom is 0.270 e. The first-order valence-corrected chi connectivity index (χ1v) is 8.19. The maximum absolute atomic E-state index is 12.4. The molecule has 0 fully saturated rings. The van der Waals surface area contributed by atoms with Crippen LogP contribution in [0.25, 0.3) is 11.1 Å². The fraction of sp³-hybridized carbons (Fsp3) is 0.200. The standard InChI is InChI=1S/C20H19N3O/c1-23-19(11-12-21-23)20(24)22-18-10-8-16-13-15(7-9-17(16)18)14-5-3-2-4-6-14/h2-7,9,11-13,18H,8,10H2,1H3,(H,22,24)/t18-/m1/s1. The number of carbonyl (C=O) groups excluding carboxylic acids is 1. The van der Waals surface area contributed by atoms with Gasteiger partial charge < -0.3 is 5.32 Å². The van der Waals surface area contributed by atoms with Crippen molar-refractivity contribution in [2.24, 2.45) is 7.05 Å². The molecule has 1 heterocycles. The number of nitrogens with zero attached hydrogens (tertiary/aromatic N) is 2. The molecule has 24 heavy (non-hydrogen) atoms. The number of nitrogens with one attached hydrogen (secondary N) is 1. The van der Waals surface area contributed by atoms with Gasteiger partial charge in [0.1, 0.15) is 5.69 Å². The number of benzene rings is 2. The molecule has 120 valence electrons. The molecule has 1 amide bonds. The lowest BCUT2D eigenvalue weighted by Gasteiger charge is -2.14. The molecule has 0 saturated carbocycles. The largest absolute Gasteiger partial charge is 0.344 e. The second-order valence-corrected chi connectivity index (χ2v) is 6.18. The monoisotopic (exact) mass is 317 g/mol. The quantitative estimate of drug-likeness (QED) is 0.803. The first kappa shape index (κ1) is 14.7. The molecule has 0 radical (unpaired) electrons. The van der Waals surface area contributed by atoms with E-state index in [-0.39, 0.29) is 11.9 Å². The number of aromatic nitrogens is 2. The Hall–Kier alpha value is -2.88. The lowest BCUT2D eigenvalue weighted by atomic mass is 10.00. The number of hydrogen-bond donors (Lipinski definition) is 1. The van der Waals surface area contributed by atoms with Crippen molar-refractivity contribution in [2.75, 3.05) is 0 Å². The summed E-state index contributed by atoms with van der Waals surface area (Å²) >= 11 is 0. The average Bonchev–Trinajstić information content (AvgIpc) is 3.21. The third-order valence-corrected chi connectivity index (χ3v) is 4.69. The van der Waals surface area contributed by atoms with E-state index in [1.807, 2.05) is 6.07 Å². The lowest BCUT2D eigenvalue weighted by molar-refractivity contribution is 0.0927. The van der Waals surface area contributed by atoms with Crippen molar-refractivity contribution in [1.82, 2.24) is 15.1 Å². The molecule has 0 spiro atoms. The molecular formula is C20H19N3O. The second-order valence-electron chi connectivity index (χ2n) is 6.18. The van der Waals surface area contributed by atoms with E-state index in [1.165, 1.54) is 22.3 Å². The highest BCUT2D eigenvalue weighted by molar-refractivity contribution is 5.92. The van der Waals surface area contributed by atoms with Gasteiger partial charge in [0, 0.05) is 13.2 Å². The van der Waals surface area contributed by atoms with Crippen LogP contribution >= 0.6 is 0 Å². The van der Waals surface area contributed by atoms with Gasteiger partial charge in [-0.1, -0.05) is 48.5 Å². The second kappa shape index (κ2) is 5.96. The van der Waals surface area contributed by atoms with Gasteiger partial charge in [0.25, 0.3) is 5.91 Å². The highest BCUT2D eigenvalue weighted by atomic mass is 16.2. The molecule has 0 aliphatic heterocycles. The van der Waals surface area contributed by atoms with Crippen LogP contribution in [0, 0.1) is 0 Å². The normalized spacial score (nSPS) is 16.0. The Labute approximate surface area is 141 Å². The molecule has 1 aliphatic rings. The molecule has 0 saturated heterocycles. The van der Waals surface area contributed by atoms with Crippen LogP contribution in [0.1, 0.15) is 34.1 Å². The van der Waals surface area contributed by atoms with Gasteiger partial charge in [-0.3, -0.25) is 9.48 Å². The summed E-state index contributed by atoms with van der Waals surface area (Å²) in [6.07, 6.45) is 3.58. The Kier molecular flexibility index (Phi) is 3.65. The number of rotatable bonds is 3. The number of fused-ring (bicyclic) bond motifs is 1. The number of aryl methyl sites for hydroxylation is 2. The van der Waals surface area contributed by atoms with Gasteiger partial charge in [0.05, 0.1) is 6.04 Å². The van der Waals surface area contributed by atoms with Gasteiger partial charge in [0.2, 0.25) is 0 Å². The molecule has 1 N–H and O–H groups in total. The van der Waals surface area contributed by atoms with Crippen LogP contribution in [0.2, 0.25) is 0 Å². The van der Waals surface area contributed by atoms with E-state index in [0.29, 0.717) is 5.69 Å². The van der Waals surface area contributed by atoms with E-state index >= 15 is 0 Å². The minimum absolute atomic E-state index is 0.0695. The summed E-state index contributed by atoms with van der Waals surface area (Å²) in [6, 6.07) is 18.7. The summed E-state index contributed by atoms with van der Waals surface area (Å²) in [5, 5.41) is 7.20. The van der Waals surface area contributed by atoms with Crippen molar-refractivity contribution in [3.05, 3.63) is 77.6 Å². The van der Waals surface area contributed by atoms with Crippen LogP contribution in [0.15, 0.2) is 60.8 Å². The van der Waals surface area contributed by atoms with E-state index in [1.54, 1.807) is 24.0 Å². The topological polar surface area (TPSA) is 46.9 Å². The number of carbonyl (C=O) groups is 1. The zero-order chi connectivity index (χ0) is 16.5. The average molecular weight is 317 g/mol. The van der Waals surface area contributed by atoms with Crippen LogP contribution in [-0.4, -0.2) is 15.7 Å². The number of amides is 1. The van der Waals surface area contributed by atoms with Gasteiger partial charge in [-0.15, -0.1) is 0 Å². The lowest BCUT2D eigenvalue weighted by Crippen LogP contribution is -2.28. The van der Waals surface area contributed by atoms with Gasteiger partial charge >= 0.3 is 0 Å². The SMILES string of the molecule is Cn1nccc1C(=O)N[C@@H]1CCc2cc(-c3ccccc3)ccc21. The third-order valence-electron chi connectivity index (χ3n) is 4.69. The van der Waals surface area contributed by atoms with Gasteiger partial charge in [-0.2, -0.15) is 5.10 Å². The van der Waals surface area contributed by atoms with Crippen LogP contribution in [-0.2, 0) is 13.5 Å². The molecule has 1 aliphatic carbocycles. The van der Waals surface area contributed by atoms with Crippen molar-refractivity contribution < 1.29 is 4.79 Å². The minimum Gasteiger partial charge on any atom is -0.344 e. The summed E-state index contributed by atoms with van der Waals surface area (Å²) < 4.78 is 1.60. The van der Waals surface area contributed by atoms with Gasteiger partial charge in [-0.25, -0.2) is 0 Å². The molecule has 3 aromatic rings. The summed E-state index contributed by atoms with van der Waals surface area (Å²) in [6.45, 7) is 0. The van der Waals surface area contributed by atoms with Crippen LogP contribution in [0.4, 0.5) is 0 Å². The van der Waals surface area contributed by atoms with Crippen molar-refractivity contribution in [2.45, 2.75) is 18.9 Å². The van der Waals surface area contributed by atoms with Gasteiger partial charge in [-0.05, 0) is 41.2 Å². The number of hydrogen-bond acceptors (Lipinski definition) is 2. The summed E-state index contributed by atoms with van der Waals surface area (Å²) in [5.41, 5.74) is 5.59. The first-order chi connectivity index (χ1) is 11.7. The molecular weight excluding hydrogens is 298 g/mol. The maximum atomic E-state index is 12.4. The smallest absolute Gasteiger partial charge is 0.270 e. The van der Waals surface area contributed by atoms with E-state index < -0.39 is 0 Å². The van der Waals surface area contributed by atoms with E-state index in [9.17, 15) is 4.79 Å². The van der Waals surface area contributed by atoms with E-state index in [4.69, 9.17) is 0 Å². The first-order valence-electron chi connectivity index (χ1n) is 8.19. The molecule has 0 unspecified atom stereocenters. The molecule has 1 aromatic heterocycles. The molecule has 4 nitrogen and oxygen atoms in total. The van der Waals surface area contributed by atoms with Crippen molar-refractivity contribution in [3.63, 3.8) is 0 Å². The zero-order valence-electron chi connectivity index (χ0n) is 13.6. The third kappa shape index (κ3) is 2.60. The van der Waals surface area contributed by atoms with Crippen LogP contribution in [0.5, 0.6) is 0 Å². The Balaban J connectivity index is 1.57. The highest BCUT2D eigenvalue weighted by Crippen LogP contribution is 2.34. The molecule has 2 aromatic carbocycles. The fourth-order valence-electron chi connectivity index (χ4n) is 3.41. The summed E-state index contributed by atoms with van der Waals surface area (Å²) in [7, 11) is 1.78. The van der Waals surface area contributed by atoms with Crippen LogP contribution < -0.4 is 5.32 Å². The fourth-order valence-corrected chi connectivity index (χ4v) is 3.41. The summed E-state index contributed by atoms with van der Waals surface area (Å²) in [4.78, 5) is 12.4. The van der Waals surface area contributed by atoms with Crippen molar-refractivity contribution in [3.8, 4) is 11.1 Å². The van der Waals surface area contributed by atoms with Crippen molar-refractivity contribution in [1.29, 1.82) is 0 Å². The van der Waals surface area contributed by atoms with E-state index in [0.717, 1.165) is 12.8 Å². The Morgan fingerprint density at radius 1 is 1.12 bits per heavy atom. The molecule has 4 rings (SSSR count). The highest BCUT2D eigenvalue weighted by Gasteiger charge is 2.25. The Morgan fingerprint density at radius 2 is 1.96 bits per heavy atom. The molecule has 1 atom stereocenters. The minimum atomic E-state index is -0.0695. The van der Waals surface area contributed by atoms with Gasteiger partial charge in [0.15, 0.2) is 0 Å². The van der Waals surface area contributed by atoms with Crippen molar-refractivity contribution >= 4 is 5.91 Å². The Bertz CT molecular complexity index is 883. The summed E-state index contributed by atoms with van der Waals surface area (Å²) in [5.74, 6) is -0.0695. The Morgan fingerprint density at radius 3 is 2.71 bits per heavy atom. The van der Waals surface area contributed by atoms with E-state index in [2.05, 4.69) is 52.9 Å². The predicted octanol–water partition coefficient (Wildman–Crippen LogP) is 3.50.